The first-order chi connectivity index (χ1) is 20.9. The van der Waals surface area contributed by atoms with E-state index in [2.05, 4.69) is 10.3 Å². The summed E-state index contributed by atoms with van der Waals surface area (Å²) >= 11 is 7.43. The van der Waals surface area contributed by atoms with Gasteiger partial charge < -0.3 is 19.7 Å². The number of benzene rings is 2. The number of nitrogens with one attached hydrogen (secondary N) is 1. The third-order valence-electron chi connectivity index (χ3n) is 7.63. The zero-order chi connectivity index (χ0) is 31.6. The van der Waals surface area contributed by atoms with Crippen LogP contribution in [-0.2, 0) is 11.3 Å². The molecule has 2 amide bonds. The number of methoxy groups -OCH3 is 1. The SMILES string of the molecule is COc1ccc(-c2ccncc2)cc1CN(C(=O)c1sc2c(F)ccc(F)c2c1Cl)[C@H]1CC[C@H](NC(=O)OC(C)(C)C)CC1. The molecule has 1 fully saturated rings. The van der Waals surface area contributed by atoms with Crippen LogP contribution >= 0.6 is 22.9 Å². The number of halogens is 3. The lowest BCUT2D eigenvalue weighted by molar-refractivity contribution is 0.0453. The normalized spacial score (nSPS) is 16.9. The number of rotatable bonds is 7. The van der Waals surface area contributed by atoms with E-state index in [4.69, 9.17) is 21.1 Å². The van der Waals surface area contributed by atoms with E-state index in [1.165, 1.54) is 0 Å². The fraction of sp³-hybridized carbons (Fsp3) is 0.364. The molecule has 0 bridgehead atoms. The fourth-order valence-electron chi connectivity index (χ4n) is 5.55. The number of carbonyl (C=O) groups excluding carboxylic acids is 2. The number of hydrogen-bond donors (Lipinski definition) is 1. The molecular weight excluding hydrogens is 608 g/mol. The molecular formula is C33H34ClF2N3O4S. The van der Waals surface area contributed by atoms with Crippen molar-refractivity contribution >= 4 is 45.0 Å². The number of alkyl carbamates (subject to hydrolysis) is 1. The minimum absolute atomic E-state index is 0.000772. The maximum absolute atomic E-state index is 14.7. The lowest BCUT2D eigenvalue weighted by Crippen LogP contribution is -2.46. The van der Waals surface area contributed by atoms with Crippen LogP contribution in [-0.4, -0.2) is 46.7 Å². The Morgan fingerprint density at radius 1 is 1.02 bits per heavy atom. The van der Waals surface area contributed by atoms with Crippen molar-refractivity contribution < 1.29 is 27.8 Å². The van der Waals surface area contributed by atoms with E-state index in [0.29, 0.717) is 31.4 Å². The molecule has 0 unspecified atom stereocenters. The predicted octanol–water partition coefficient (Wildman–Crippen LogP) is 8.38. The number of thiophene rings is 1. The van der Waals surface area contributed by atoms with E-state index in [1.54, 1.807) is 24.4 Å². The van der Waals surface area contributed by atoms with Crippen molar-refractivity contribution in [3.63, 3.8) is 0 Å². The monoisotopic (exact) mass is 641 g/mol. The average molecular weight is 642 g/mol. The average Bonchev–Trinajstić information content (AvgIpc) is 3.35. The van der Waals surface area contributed by atoms with Crippen LogP contribution in [0.25, 0.3) is 21.2 Å². The van der Waals surface area contributed by atoms with Crippen LogP contribution in [0.1, 0.15) is 61.7 Å². The smallest absolute Gasteiger partial charge is 0.407 e. The number of carbonyl (C=O) groups is 2. The minimum Gasteiger partial charge on any atom is -0.496 e. The van der Waals surface area contributed by atoms with Gasteiger partial charge in [0.25, 0.3) is 5.91 Å². The van der Waals surface area contributed by atoms with Crippen molar-refractivity contribution in [2.24, 2.45) is 0 Å². The molecule has 5 rings (SSSR count). The third kappa shape index (κ3) is 6.97. The highest BCUT2D eigenvalue weighted by atomic mass is 35.5. The maximum atomic E-state index is 14.7. The highest BCUT2D eigenvalue weighted by Gasteiger charge is 2.34. The summed E-state index contributed by atoms with van der Waals surface area (Å²) in [5.74, 6) is -1.15. The molecule has 2 heterocycles. The van der Waals surface area contributed by atoms with Gasteiger partial charge in [0.2, 0.25) is 0 Å². The lowest BCUT2D eigenvalue weighted by Gasteiger charge is -2.37. The van der Waals surface area contributed by atoms with Crippen molar-refractivity contribution in [2.45, 2.75) is 70.7 Å². The molecule has 0 aliphatic heterocycles. The van der Waals surface area contributed by atoms with E-state index in [9.17, 15) is 18.4 Å². The van der Waals surface area contributed by atoms with Crippen LogP contribution in [0.5, 0.6) is 5.75 Å². The molecule has 0 radical (unpaired) electrons. The van der Waals surface area contributed by atoms with Crippen molar-refractivity contribution in [1.29, 1.82) is 0 Å². The van der Waals surface area contributed by atoms with Crippen LogP contribution in [0, 0.1) is 11.6 Å². The highest BCUT2D eigenvalue weighted by Crippen LogP contribution is 2.40. The number of aromatic nitrogens is 1. The van der Waals surface area contributed by atoms with Gasteiger partial charge in [0.1, 0.15) is 27.9 Å². The predicted molar refractivity (Wildman–Crippen MR) is 168 cm³/mol. The number of ether oxygens (including phenoxy) is 2. The Labute approximate surface area is 264 Å². The molecule has 0 saturated heterocycles. The van der Waals surface area contributed by atoms with Crippen LogP contribution < -0.4 is 10.1 Å². The Kier molecular flexibility index (Phi) is 9.41. The number of pyridine rings is 1. The van der Waals surface area contributed by atoms with Crippen molar-refractivity contribution in [1.82, 2.24) is 15.2 Å². The van der Waals surface area contributed by atoms with Crippen molar-refractivity contribution in [3.05, 3.63) is 82.0 Å². The Bertz CT molecular complexity index is 1670. The summed E-state index contributed by atoms with van der Waals surface area (Å²) < 4.78 is 40.5. The molecule has 1 aliphatic carbocycles. The summed E-state index contributed by atoms with van der Waals surface area (Å²) in [5.41, 5.74) is 2.02. The van der Waals surface area contributed by atoms with Crippen molar-refractivity contribution in [3.8, 4) is 16.9 Å². The molecule has 2 aromatic heterocycles. The standard InChI is InChI=1S/C33H34ClF2N3O4S/c1-33(2,3)43-32(41)38-22-6-8-23(9-7-22)39(31(40)30-28(34)27-24(35)10-11-25(36)29(27)44-30)18-21-17-20(5-12-26(21)42-4)19-13-15-37-16-14-19/h5,10-17,22-23H,6-9,18H2,1-4H3,(H,38,41)/t22-,23-. The summed E-state index contributed by atoms with van der Waals surface area (Å²) in [6, 6.07) is 11.2. The largest absolute Gasteiger partial charge is 0.496 e. The molecule has 7 nitrogen and oxygen atoms in total. The number of hydrogen-bond acceptors (Lipinski definition) is 6. The van der Waals surface area contributed by atoms with E-state index < -0.39 is 29.2 Å². The van der Waals surface area contributed by atoms with Crippen LogP contribution in [0.15, 0.2) is 54.9 Å². The molecule has 1 aliphatic rings. The molecule has 11 heteroatoms. The van der Waals surface area contributed by atoms with E-state index in [0.717, 1.165) is 40.2 Å². The molecule has 1 saturated carbocycles. The zero-order valence-corrected chi connectivity index (χ0v) is 26.5. The Hall–Kier alpha value is -3.76. The summed E-state index contributed by atoms with van der Waals surface area (Å²) in [6.45, 7) is 5.59. The van der Waals surface area contributed by atoms with Gasteiger partial charge in [-0.25, -0.2) is 13.6 Å². The highest BCUT2D eigenvalue weighted by molar-refractivity contribution is 7.21. The summed E-state index contributed by atoms with van der Waals surface area (Å²) in [7, 11) is 1.57. The van der Waals surface area contributed by atoms with Gasteiger partial charge in [-0.15, -0.1) is 11.3 Å². The van der Waals surface area contributed by atoms with Gasteiger partial charge in [-0.2, -0.15) is 0 Å². The Balaban J connectivity index is 1.47. The van der Waals surface area contributed by atoms with E-state index in [1.807, 2.05) is 51.1 Å². The van der Waals surface area contributed by atoms with Crippen LogP contribution in [0.4, 0.5) is 13.6 Å². The first kappa shape index (κ1) is 31.7. The van der Waals surface area contributed by atoms with Gasteiger partial charge in [0, 0.05) is 36.6 Å². The summed E-state index contributed by atoms with van der Waals surface area (Å²) in [6.07, 6.45) is 5.35. The van der Waals surface area contributed by atoms with Gasteiger partial charge in [-0.1, -0.05) is 17.7 Å². The van der Waals surface area contributed by atoms with Gasteiger partial charge in [-0.3, -0.25) is 9.78 Å². The van der Waals surface area contributed by atoms with Gasteiger partial charge in [-0.05, 0) is 94.0 Å². The van der Waals surface area contributed by atoms with Gasteiger partial charge in [0.15, 0.2) is 0 Å². The number of fused-ring (bicyclic) bond motifs is 1. The quantitative estimate of drug-likeness (QED) is 0.219. The molecule has 2 aromatic carbocycles. The second kappa shape index (κ2) is 13.1. The van der Waals surface area contributed by atoms with Crippen LogP contribution in [0.3, 0.4) is 0 Å². The van der Waals surface area contributed by atoms with Crippen molar-refractivity contribution in [2.75, 3.05) is 7.11 Å². The molecule has 44 heavy (non-hydrogen) atoms. The third-order valence-corrected chi connectivity index (χ3v) is 9.31. The number of amides is 2. The van der Waals surface area contributed by atoms with E-state index >= 15 is 0 Å². The Morgan fingerprint density at radius 3 is 2.34 bits per heavy atom. The van der Waals surface area contributed by atoms with E-state index in [-0.39, 0.29) is 38.6 Å². The number of nitrogens with zero attached hydrogens (tertiary/aromatic N) is 2. The topological polar surface area (TPSA) is 80.8 Å². The Morgan fingerprint density at radius 2 is 1.70 bits per heavy atom. The molecule has 0 spiro atoms. The first-order valence-electron chi connectivity index (χ1n) is 14.4. The fourth-order valence-corrected chi connectivity index (χ4v) is 7.05. The van der Waals surface area contributed by atoms with Gasteiger partial charge >= 0.3 is 6.09 Å². The summed E-state index contributed by atoms with van der Waals surface area (Å²) in [4.78, 5) is 32.6. The summed E-state index contributed by atoms with van der Waals surface area (Å²) in [5, 5.41) is 2.74. The second-order valence-corrected chi connectivity index (χ2v) is 13.2. The molecule has 232 valence electrons. The maximum Gasteiger partial charge on any atom is 0.407 e. The van der Waals surface area contributed by atoms with Crippen LogP contribution in [0.2, 0.25) is 5.02 Å². The lowest BCUT2D eigenvalue weighted by atomic mass is 9.89. The molecule has 0 atom stereocenters. The first-order valence-corrected chi connectivity index (χ1v) is 15.6. The molecule has 4 aromatic rings. The van der Waals surface area contributed by atoms with Gasteiger partial charge in [0.05, 0.1) is 22.2 Å². The zero-order valence-electron chi connectivity index (χ0n) is 25.0. The minimum atomic E-state index is -0.686. The molecule has 1 N–H and O–H groups in total. The second-order valence-electron chi connectivity index (χ2n) is 11.8.